The van der Waals surface area contributed by atoms with E-state index in [0.29, 0.717) is 31.8 Å². The van der Waals surface area contributed by atoms with Crippen LogP contribution >= 0.6 is 12.6 Å². The third kappa shape index (κ3) is 5.85. The van der Waals surface area contributed by atoms with Crippen molar-refractivity contribution in [2.24, 2.45) is 4.90 Å². The van der Waals surface area contributed by atoms with E-state index < -0.39 is 0 Å². The van der Waals surface area contributed by atoms with Gasteiger partial charge in [-0.1, -0.05) is 0 Å². The van der Waals surface area contributed by atoms with Crippen LogP contribution in [0, 0.1) is 0 Å². The normalized spacial score (nSPS) is 9.62. The summed E-state index contributed by atoms with van der Waals surface area (Å²) in [5, 5.41) is 0. The zero-order valence-corrected chi connectivity index (χ0v) is 8.96. The molecule has 0 aliphatic heterocycles. The fourth-order valence-corrected chi connectivity index (χ4v) is 1.27. The van der Waals surface area contributed by atoms with Crippen LogP contribution in [0.3, 0.4) is 0 Å². The molecule has 0 aliphatic rings. The van der Waals surface area contributed by atoms with Gasteiger partial charge in [0.15, 0.2) is 0 Å². The van der Waals surface area contributed by atoms with E-state index in [0.717, 1.165) is 6.42 Å². The first-order valence-corrected chi connectivity index (χ1v) is 5.14. The molecule has 0 aliphatic carbocycles. The molecule has 0 heterocycles. The molecule has 0 aromatic heterocycles. The number of rotatable bonds is 7. The predicted octanol–water partition coefficient (Wildman–Crippen LogP) is 0.897. The van der Waals surface area contributed by atoms with Gasteiger partial charge in [0.2, 0.25) is 0 Å². The van der Waals surface area contributed by atoms with Crippen molar-refractivity contribution < 1.29 is 4.79 Å². The summed E-state index contributed by atoms with van der Waals surface area (Å²) in [5.41, 5.74) is 0. The molecule has 5 heteroatoms. The molecule has 0 bridgehead atoms. The summed E-state index contributed by atoms with van der Waals surface area (Å²) in [4.78, 5) is 16.7. The van der Waals surface area contributed by atoms with Gasteiger partial charge in [-0.25, -0.2) is 0 Å². The molecule has 0 rings (SSSR count). The van der Waals surface area contributed by atoms with Gasteiger partial charge >= 0.3 is 85.9 Å². The summed E-state index contributed by atoms with van der Waals surface area (Å²) in [7, 11) is 5.02. The van der Waals surface area contributed by atoms with Crippen molar-refractivity contribution in [2.75, 3.05) is 25.4 Å². The maximum atomic E-state index is 11.4. The third-order valence-electron chi connectivity index (χ3n) is 1.69. The zero-order valence-electron chi connectivity index (χ0n) is 8.07. The maximum absolute atomic E-state index is 11.4. The second kappa shape index (κ2) is 8.29. The van der Waals surface area contributed by atoms with Crippen LogP contribution in [0.25, 0.3) is 0 Å². The van der Waals surface area contributed by atoms with Crippen LogP contribution < -0.4 is 0 Å². The topological polar surface area (TPSA) is 32.7 Å². The van der Waals surface area contributed by atoms with Crippen molar-refractivity contribution in [3.05, 3.63) is 0 Å². The molecule has 0 atom stereocenters. The third-order valence-corrected chi connectivity index (χ3v) is 1.89. The Morgan fingerprint density at radius 1 is 1.54 bits per heavy atom. The van der Waals surface area contributed by atoms with Gasteiger partial charge in [0.05, 0.1) is 0 Å². The molecule has 73 valence electrons. The van der Waals surface area contributed by atoms with Crippen LogP contribution in [0.4, 0.5) is 0 Å². The number of carbonyl (C=O) groups excluding carboxylic acids is 1. The van der Waals surface area contributed by atoms with Gasteiger partial charge in [-0.15, -0.1) is 0 Å². The zero-order chi connectivity index (χ0) is 10.1. The molecule has 0 aromatic carbocycles. The average Bonchev–Trinajstić information content (AvgIpc) is 2.12. The Morgan fingerprint density at radius 3 is 2.69 bits per heavy atom. The van der Waals surface area contributed by atoms with Gasteiger partial charge in [0, 0.05) is 0 Å². The Kier molecular flexibility index (Phi) is 8.09. The number of carbonyl (C=O) groups is 1. The van der Waals surface area contributed by atoms with E-state index in [1.54, 1.807) is 4.90 Å². The molecule has 0 saturated carbocycles. The Bertz CT molecular complexity index is 166. The summed E-state index contributed by atoms with van der Waals surface area (Å²) in [5.74, 6) is 0.847. The van der Waals surface area contributed by atoms with Crippen LogP contribution in [0.1, 0.15) is 19.8 Å². The minimum atomic E-state index is 0.167. The molecular weight excluding hydrogens is 183 g/mol. The van der Waals surface area contributed by atoms with Gasteiger partial charge in [0.1, 0.15) is 0 Å². The summed E-state index contributed by atoms with van der Waals surface area (Å²) < 4.78 is 0. The number of hydrogen-bond donors (Lipinski definition) is 1. The van der Waals surface area contributed by atoms with Crippen molar-refractivity contribution in [1.82, 2.24) is 4.90 Å². The van der Waals surface area contributed by atoms with Crippen molar-refractivity contribution >= 4 is 26.2 Å². The van der Waals surface area contributed by atoms with Crippen LogP contribution in [-0.2, 0) is 4.79 Å². The number of hydrogen-bond acceptors (Lipinski definition) is 3. The standard InChI is InChI=1S/C8H16BN2OS/c1-2-3-8(12)11(6-7-13)5-4-10-9/h13H,2-7H2,1H3. The monoisotopic (exact) mass is 199 g/mol. The van der Waals surface area contributed by atoms with E-state index >= 15 is 0 Å². The second-order valence-electron chi connectivity index (χ2n) is 2.76. The summed E-state index contributed by atoms with van der Waals surface area (Å²) in [6.45, 7) is 3.78. The fraction of sp³-hybridized carbons (Fsp3) is 0.875. The molecule has 1 radical (unpaired) electrons. The SMILES string of the molecule is [B]=NCCN(CCS)C(=O)CCC. The van der Waals surface area contributed by atoms with E-state index in [2.05, 4.69) is 17.5 Å². The van der Waals surface area contributed by atoms with E-state index in [4.69, 9.17) is 7.64 Å². The number of amides is 1. The predicted molar refractivity (Wildman–Crippen MR) is 58.4 cm³/mol. The van der Waals surface area contributed by atoms with Gasteiger partial charge < -0.3 is 0 Å². The molecular formula is C8H16BN2OS. The summed E-state index contributed by atoms with van der Waals surface area (Å²) in [6, 6.07) is 0. The van der Waals surface area contributed by atoms with E-state index in [1.165, 1.54) is 0 Å². The van der Waals surface area contributed by atoms with Crippen molar-refractivity contribution in [1.29, 1.82) is 0 Å². The van der Waals surface area contributed by atoms with Gasteiger partial charge in [0.25, 0.3) is 0 Å². The van der Waals surface area contributed by atoms with Crippen LogP contribution in [0.15, 0.2) is 4.90 Å². The molecule has 3 nitrogen and oxygen atoms in total. The Morgan fingerprint density at radius 2 is 2.23 bits per heavy atom. The van der Waals surface area contributed by atoms with Gasteiger partial charge in [-0.3, -0.25) is 0 Å². The number of nitrogens with zero attached hydrogens (tertiary/aromatic N) is 2. The van der Waals surface area contributed by atoms with Gasteiger partial charge in [-0.05, 0) is 0 Å². The second-order valence-corrected chi connectivity index (χ2v) is 3.21. The first kappa shape index (κ1) is 12.7. The van der Waals surface area contributed by atoms with Crippen LogP contribution in [0.5, 0.6) is 0 Å². The van der Waals surface area contributed by atoms with E-state index in [-0.39, 0.29) is 5.91 Å². The van der Waals surface area contributed by atoms with Crippen molar-refractivity contribution in [3.8, 4) is 0 Å². The molecule has 13 heavy (non-hydrogen) atoms. The number of thiol groups is 1. The first-order chi connectivity index (χ1) is 6.26. The molecule has 1 amide bonds. The van der Waals surface area contributed by atoms with Crippen LogP contribution in [0.2, 0.25) is 0 Å². The van der Waals surface area contributed by atoms with Gasteiger partial charge in [-0.2, -0.15) is 0 Å². The molecule has 0 aromatic rings. The summed E-state index contributed by atoms with van der Waals surface area (Å²) in [6.07, 6.45) is 1.47. The van der Waals surface area contributed by atoms with E-state index in [1.807, 2.05) is 6.92 Å². The van der Waals surface area contributed by atoms with E-state index in [9.17, 15) is 4.79 Å². The Balaban J connectivity index is 3.90. The molecule has 0 unspecified atom stereocenters. The quantitative estimate of drug-likeness (QED) is 0.479. The molecule has 0 saturated heterocycles. The first-order valence-electron chi connectivity index (χ1n) is 4.51. The fourth-order valence-electron chi connectivity index (χ4n) is 1.03. The Labute approximate surface area is 86.4 Å². The minimum absolute atomic E-state index is 0.167. The molecule has 0 spiro atoms. The van der Waals surface area contributed by atoms with Crippen molar-refractivity contribution in [3.63, 3.8) is 0 Å². The molecule has 0 N–H and O–H groups in total. The summed E-state index contributed by atoms with van der Waals surface area (Å²) >= 11 is 4.09. The average molecular weight is 199 g/mol. The van der Waals surface area contributed by atoms with Crippen LogP contribution in [-0.4, -0.2) is 43.8 Å². The Hall–Kier alpha value is -0.315. The van der Waals surface area contributed by atoms with Crippen molar-refractivity contribution in [2.45, 2.75) is 19.8 Å². The molecule has 0 fully saturated rings.